The molecule has 1 atom stereocenters. The third kappa shape index (κ3) is 2.46. The Balaban J connectivity index is 1.88. The molecule has 4 rings (SSSR count). The quantitative estimate of drug-likeness (QED) is 0.757. The van der Waals surface area contributed by atoms with Crippen molar-refractivity contribution in [3.63, 3.8) is 0 Å². The van der Waals surface area contributed by atoms with Crippen molar-refractivity contribution in [2.45, 2.75) is 38.0 Å². The van der Waals surface area contributed by atoms with Crippen LogP contribution in [-0.4, -0.2) is 11.5 Å². The van der Waals surface area contributed by atoms with E-state index < -0.39 is 0 Å². The number of carbonyl (C=O) groups is 1. The number of nitrogens with one attached hydrogen (secondary N) is 1. The van der Waals surface area contributed by atoms with Crippen molar-refractivity contribution in [1.29, 1.82) is 0 Å². The van der Waals surface area contributed by atoms with Gasteiger partial charge in [0.1, 0.15) is 0 Å². The minimum atomic E-state index is 0.141. The summed E-state index contributed by atoms with van der Waals surface area (Å²) < 4.78 is 1.08. The van der Waals surface area contributed by atoms with Crippen LogP contribution in [-0.2, 0) is 4.79 Å². The number of dihydropyridines is 1. The highest BCUT2D eigenvalue weighted by atomic mass is 79.9. The maximum atomic E-state index is 12.6. The summed E-state index contributed by atoms with van der Waals surface area (Å²) in [6.45, 7) is 0. The summed E-state index contributed by atoms with van der Waals surface area (Å²) in [6.07, 6.45) is 5.01. The van der Waals surface area contributed by atoms with E-state index in [9.17, 15) is 4.79 Å². The number of allylic oxidation sites excluding steroid dienone is 4. The first-order valence-electron chi connectivity index (χ1n) is 7.88. The predicted octanol–water partition coefficient (Wildman–Crippen LogP) is 4.88. The summed E-state index contributed by atoms with van der Waals surface area (Å²) in [5.41, 5.74) is 4.80. The van der Waals surface area contributed by atoms with Gasteiger partial charge in [-0.15, -0.1) is 11.8 Å². The minimum Gasteiger partial charge on any atom is -0.361 e. The normalized spacial score (nSPS) is 24.8. The first kappa shape index (κ1) is 14.6. The van der Waals surface area contributed by atoms with E-state index in [0.29, 0.717) is 12.2 Å². The third-order valence-corrected chi connectivity index (χ3v) is 6.40. The summed E-state index contributed by atoms with van der Waals surface area (Å²) in [4.78, 5) is 14.0. The number of halogens is 1. The van der Waals surface area contributed by atoms with E-state index in [1.807, 2.05) is 17.8 Å². The lowest BCUT2D eigenvalue weighted by molar-refractivity contribution is -0.116. The lowest BCUT2D eigenvalue weighted by Crippen LogP contribution is -2.32. The van der Waals surface area contributed by atoms with Gasteiger partial charge < -0.3 is 5.32 Å². The largest absolute Gasteiger partial charge is 0.361 e. The van der Waals surface area contributed by atoms with Crippen LogP contribution in [0.5, 0.6) is 0 Å². The van der Waals surface area contributed by atoms with Crippen molar-refractivity contribution in [3.8, 4) is 0 Å². The summed E-state index contributed by atoms with van der Waals surface area (Å²) in [7, 11) is 0. The summed E-state index contributed by atoms with van der Waals surface area (Å²) in [6, 6.07) is 8.45. The van der Waals surface area contributed by atoms with Gasteiger partial charge in [-0.05, 0) is 49.1 Å². The lowest BCUT2D eigenvalue weighted by Gasteiger charge is -2.37. The Morgan fingerprint density at radius 2 is 2.00 bits per heavy atom. The number of carbonyl (C=O) groups excluding carboxylic acids is 1. The van der Waals surface area contributed by atoms with Crippen LogP contribution in [0.3, 0.4) is 0 Å². The van der Waals surface area contributed by atoms with E-state index in [0.717, 1.165) is 35.1 Å². The van der Waals surface area contributed by atoms with E-state index in [1.54, 1.807) is 0 Å². The Morgan fingerprint density at radius 3 is 2.86 bits per heavy atom. The first-order valence-corrected chi connectivity index (χ1v) is 9.66. The molecule has 0 bridgehead atoms. The third-order valence-electron chi connectivity index (χ3n) is 4.62. The van der Waals surface area contributed by atoms with E-state index in [-0.39, 0.29) is 5.92 Å². The smallest absolute Gasteiger partial charge is 0.161 e. The molecule has 1 aliphatic carbocycles. The van der Waals surface area contributed by atoms with Gasteiger partial charge in [0.05, 0.1) is 0 Å². The standard InChI is InChI=1S/C18H18BrNOS/c19-12-5-1-4-11(10-12)16-17-13(6-2-8-15(17)21)20-14-7-3-9-22-18(14)16/h1,4-5,10,16,20H,2-3,6-9H2. The van der Waals surface area contributed by atoms with Crippen LogP contribution in [0.2, 0.25) is 0 Å². The number of benzene rings is 1. The average Bonchev–Trinajstić information content (AvgIpc) is 2.53. The highest BCUT2D eigenvalue weighted by Crippen LogP contribution is 2.49. The fourth-order valence-electron chi connectivity index (χ4n) is 3.67. The van der Waals surface area contributed by atoms with E-state index in [1.165, 1.54) is 28.3 Å². The molecule has 0 aromatic heterocycles. The first-order chi connectivity index (χ1) is 10.7. The summed E-state index contributed by atoms with van der Waals surface area (Å²) >= 11 is 5.51. The summed E-state index contributed by atoms with van der Waals surface area (Å²) in [5, 5.41) is 3.61. The molecule has 1 unspecified atom stereocenters. The molecular formula is C18H18BrNOS. The van der Waals surface area contributed by atoms with Gasteiger partial charge in [0.2, 0.25) is 0 Å². The highest BCUT2D eigenvalue weighted by molar-refractivity contribution is 9.10. The van der Waals surface area contributed by atoms with Gasteiger partial charge >= 0.3 is 0 Å². The molecule has 22 heavy (non-hydrogen) atoms. The SMILES string of the molecule is O=C1CCCC2=C1C(c1cccc(Br)c1)C1=C(CCCS1)N2. The molecule has 1 N–H and O–H groups in total. The van der Waals surface area contributed by atoms with Gasteiger partial charge in [0.15, 0.2) is 5.78 Å². The van der Waals surface area contributed by atoms with Crippen molar-refractivity contribution < 1.29 is 4.79 Å². The van der Waals surface area contributed by atoms with E-state index in [4.69, 9.17) is 0 Å². The predicted molar refractivity (Wildman–Crippen MR) is 94.6 cm³/mol. The van der Waals surface area contributed by atoms with Crippen LogP contribution < -0.4 is 5.32 Å². The topological polar surface area (TPSA) is 29.1 Å². The molecule has 0 saturated heterocycles. The van der Waals surface area contributed by atoms with Crippen LogP contribution in [0.1, 0.15) is 43.6 Å². The fourth-order valence-corrected chi connectivity index (χ4v) is 5.34. The zero-order chi connectivity index (χ0) is 15.1. The maximum Gasteiger partial charge on any atom is 0.161 e. The molecule has 1 aromatic carbocycles. The van der Waals surface area contributed by atoms with Crippen molar-refractivity contribution in [2.24, 2.45) is 0 Å². The van der Waals surface area contributed by atoms with Gasteiger partial charge in [-0.3, -0.25) is 4.79 Å². The number of thioether (sulfide) groups is 1. The molecule has 0 spiro atoms. The zero-order valence-electron chi connectivity index (χ0n) is 12.3. The molecule has 2 nitrogen and oxygen atoms in total. The Hall–Kier alpha value is -1.00. The lowest BCUT2D eigenvalue weighted by atomic mass is 9.79. The second kappa shape index (κ2) is 5.89. The van der Waals surface area contributed by atoms with E-state index in [2.05, 4.69) is 39.4 Å². The van der Waals surface area contributed by atoms with Gasteiger partial charge in [-0.25, -0.2) is 0 Å². The second-order valence-corrected chi connectivity index (χ2v) is 8.13. The van der Waals surface area contributed by atoms with Gasteiger partial charge in [-0.1, -0.05) is 28.1 Å². The minimum absolute atomic E-state index is 0.141. The van der Waals surface area contributed by atoms with Gasteiger partial charge in [-0.2, -0.15) is 0 Å². The summed E-state index contributed by atoms with van der Waals surface area (Å²) in [5.74, 6) is 1.63. The molecule has 0 fully saturated rings. The molecular weight excluding hydrogens is 358 g/mol. The monoisotopic (exact) mass is 375 g/mol. The molecule has 114 valence electrons. The van der Waals surface area contributed by atoms with Gasteiger partial charge in [0.25, 0.3) is 0 Å². The zero-order valence-corrected chi connectivity index (χ0v) is 14.7. The molecule has 2 heterocycles. The Morgan fingerprint density at radius 1 is 1.14 bits per heavy atom. The van der Waals surface area contributed by atoms with Crippen LogP contribution in [0, 0.1) is 0 Å². The van der Waals surface area contributed by atoms with Gasteiger partial charge in [0, 0.05) is 38.7 Å². The number of hydrogen-bond donors (Lipinski definition) is 1. The van der Waals surface area contributed by atoms with Crippen molar-refractivity contribution in [2.75, 3.05) is 5.75 Å². The Labute approximate surface area is 143 Å². The van der Waals surface area contributed by atoms with Crippen LogP contribution >= 0.6 is 27.7 Å². The van der Waals surface area contributed by atoms with E-state index >= 15 is 0 Å². The van der Waals surface area contributed by atoms with Crippen LogP contribution in [0.4, 0.5) is 0 Å². The Bertz CT molecular complexity index is 707. The molecule has 1 aromatic rings. The molecule has 3 aliphatic rings. The molecule has 2 aliphatic heterocycles. The number of rotatable bonds is 1. The second-order valence-electron chi connectivity index (χ2n) is 6.08. The molecule has 0 radical (unpaired) electrons. The number of hydrogen-bond acceptors (Lipinski definition) is 3. The molecule has 0 amide bonds. The van der Waals surface area contributed by atoms with Crippen molar-refractivity contribution in [3.05, 3.63) is 56.2 Å². The van der Waals surface area contributed by atoms with Crippen LogP contribution in [0.25, 0.3) is 0 Å². The highest BCUT2D eigenvalue weighted by Gasteiger charge is 2.37. The Kier molecular flexibility index (Phi) is 3.91. The maximum absolute atomic E-state index is 12.6. The molecule has 0 saturated carbocycles. The van der Waals surface area contributed by atoms with Crippen LogP contribution in [0.15, 0.2) is 50.6 Å². The number of Topliss-reactive ketones (excluding diaryl/α,β-unsaturated/α-hetero) is 1. The fraction of sp³-hybridized carbons (Fsp3) is 0.389. The number of ketones is 1. The average molecular weight is 376 g/mol. The van der Waals surface area contributed by atoms with Crippen molar-refractivity contribution in [1.82, 2.24) is 5.32 Å². The molecule has 4 heteroatoms. The van der Waals surface area contributed by atoms with Crippen molar-refractivity contribution >= 4 is 33.5 Å².